The lowest BCUT2D eigenvalue weighted by atomic mass is 9.79. The zero-order valence-electron chi connectivity index (χ0n) is 11.5. The standard InChI is InChI=1S/C15H20FNO2/c1-10-13(8-14(16)9-17-10)7-11-3-5-12(6-4-11)15(18)19-2/h8-9,11-12H,3-7H2,1-2H3/t11-,12-. The van der Waals surface area contributed by atoms with E-state index in [1.54, 1.807) is 6.07 Å². The van der Waals surface area contributed by atoms with Crippen molar-refractivity contribution in [3.8, 4) is 0 Å². The van der Waals surface area contributed by atoms with Crippen LogP contribution in [0.5, 0.6) is 0 Å². The number of carbonyl (C=O) groups excluding carboxylic acids is 1. The van der Waals surface area contributed by atoms with Crippen molar-refractivity contribution < 1.29 is 13.9 Å². The first-order chi connectivity index (χ1) is 9.10. The van der Waals surface area contributed by atoms with Gasteiger partial charge in [0.25, 0.3) is 0 Å². The molecule has 0 spiro atoms. The Hall–Kier alpha value is -1.45. The minimum Gasteiger partial charge on any atom is -0.469 e. The van der Waals surface area contributed by atoms with E-state index in [0.29, 0.717) is 5.92 Å². The molecule has 1 aliphatic rings. The van der Waals surface area contributed by atoms with Crippen LogP contribution in [0.3, 0.4) is 0 Å². The molecule has 19 heavy (non-hydrogen) atoms. The molecule has 1 heterocycles. The molecule has 0 aliphatic heterocycles. The van der Waals surface area contributed by atoms with Gasteiger partial charge in [-0.2, -0.15) is 0 Å². The van der Waals surface area contributed by atoms with Gasteiger partial charge in [-0.25, -0.2) is 4.39 Å². The number of hydrogen-bond acceptors (Lipinski definition) is 3. The SMILES string of the molecule is COC(=O)[C@H]1CC[C@H](Cc2cc(F)cnc2C)CC1. The van der Waals surface area contributed by atoms with Gasteiger partial charge in [-0.1, -0.05) is 0 Å². The van der Waals surface area contributed by atoms with Crippen LogP contribution in [0.15, 0.2) is 12.3 Å². The Morgan fingerprint density at radius 2 is 2.11 bits per heavy atom. The highest BCUT2D eigenvalue weighted by Gasteiger charge is 2.27. The third-order valence-corrected chi connectivity index (χ3v) is 4.05. The lowest BCUT2D eigenvalue weighted by molar-refractivity contribution is -0.146. The van der Waals surface area contributed by atoms with E-state index in [9.17, 15) is 9.18 Å². The fourth-order valence-electron chi connectivity index (χ4n) is 2.84. The molecule has 1 saturated carbocycles. The summed E-state index contributed by atoms with van der Waals surface area (Å²) in [4.78, 5) is 15.5. The van der Waals surface area contributed by atoms with E-state index < -0.39 is 0 Å². The number of carbonyl (C=O) groups is 1. The van der Waals surface area contributed by atoms with E-state index in [1.165, 1.54) is 13.3 Å². The molecule has 104 valence electrons. The Balaban J connectivity index is 1.92. The smallest absolute Gasteiger partial charge is 0.308 e. The summed E-state index contributed by atoms with van der Waals surface area (Å²) in [6.07, 6.45) is 5.85. The highest BCUT2D eigenvalue weighted by molar-refractivity contribution is 5.72. The minimum absolute atomic E-state index is 0.0491. The molecule has 1 aliphatic carbocycles. The van der Waals surface area contributed by atoms with Crippen molar-refractivity contribution in [3.05, 3.63) is 29.3 Å². The van der Waals surface area contributed by atoms with Crippen molar-refractivity contribution in [1.29, 1.82) is 0 Å². The fourth-order valence-corrected chi connectivity index (χ4v) is 2.84. The second-order valence-corrected chi connectivity index (χ2v) is 5.34. The van der Waals surface area contributed by atoms with Crippen LogP contribution in [0.4, 0.5) is 4.39 Å². The monoisotopic (exact) mass is 265 g/mol. The topological polar surface area (TPSA) is 39.2 Å². The van der Waals surface area contributed by atoms with Crippen LogP contribution in [-0.2, 0) is 16.0 Å². The van der Waals surface area contributed by atoms with Gasteiger partial charge in [0.05, 0.1) is 19.2 Å². The van der Waals surface area contributed by atoms with Gasteiger partial charge in [0.1, 0.15) is 5.82 Å². The van der Waals surface area contributed by atoms with Crippen LogP contribution in [0, 0.1) is 24.6 Å². The molecule has 0 aromatic carbocycles. The first-order valence-electron chi connectivity index (χ1n) is 6.79. The first kappa shape index (κ1) is 14.0. The summed E-state index contributed by atoms with van der Waals surface area (Å²) in [7, 11) is 1.44. The molecule has 1 aromatic heterocycles. The number of methoxy groups -OCH3 is 1. The molecule has 1 aromatic rings. The van der Waals surface area contributed by atoms with E-state index in [4.69, 9.17) is 4.74 Å². The van der Waals surface area contributed by atoms with Gasteiger partial charge >= 0.3 is 5.97 Å². The number of hydrogen-bond donors (Lipinski definition) is 0. The summed E-state index contributed by atoms with van der Waals surface area (Å²) in [6.45, 7) is 1.91. The van der Waals surface area contributed by atoms with E-state index in [1.807, 2.05) is 6.92 Å². The Bertz CT molecular complexity index is 453. The number of esters is 1. The summed E-state index contributed by atoms with van der Waals surface area (Å²) in [6, 6.07) is 1.58. The lowest BCUT2D eigenvalue weighted by Gasteiger charge is -2.27. The van der Waals surface area contributed by atoms with E-state index >= 15 is 0 Å². The molecule has 0 bridgehead atoms. The zero-order valence-corrected chi connectivity index (χ0v) is 11.5. The molecule has 0 atom stereocenters. The maximum absolute atomic E-state index is 13.2. The zero-order chi connectivity index (χ0) is 13.8. The van der Waals surface area contributed by atoms with Gasteiger partial charge in [0.2, 0.25) is 0 Å². The maximum Gasteiger partial charge on any atom is 0.308 e. The van der Waals surface area contributed by atoms with Gasteiger partial charge in [-0.15, -0.1) is 0 Å². The quantitative estimate of drug-likeness (QED) is 0.788. The third kappa shape index (κ3) is 3.52. The van der Waals surface area contributed by atoms with Crippen LogP contribution in [0.1, 0.15) is 36.9 Å². The summed E-state index contributed by atoms with van der Waals surface area (Å²) < 4.78 is 18.0. The van der Waals surface area contributed by atoms with Crippen LogP contribution < -0.4 is 0 Å². The Kier molecular flexibility index (Phi) is 4.51. The van der Waals surface area contributed by atoms with E-state index in [0.717, 1.165) is 43.4 Å². The van der Waals surface area contributed by atoms with Gasteiger partial charge in [0, 0.05) is 5.69 Å². The Labute approximate surface area is 113 Å². The van der Waals surface area contributed by atoms with Gasteiger partial charge in [0.15, 0.2) is 0 Å². The average molecular weight is 265 g/mol. The van der Waals surface area contributed by atoms with Crippen molar-refractivity contribution in [1.82, 2.24) is 4.98 Å². The summed E-state index contributed by atoms with van der Waals surface area (Å²) >= 11 is 0. The summed E-state index contributed by atoms with van der Waals surface area (Å²) in [5.74, 6) is 0.196. The number of nitrogens with zero attached hydrogens (tertiary/aromatic N) is 1. The minimum atomic E-state index is -0.274. The normalized spacial score (nSPS) is 23.1. The fraction of sp³-hybridized carbons (Fsp3) is 0.600. The molecule has 0 unspecified atom stereocenters. The molecular formula is C15H20FNO2. The number of aromatic nitrogens is 1. The molecule has 4 heteroatoms. The molecule has 0 amide bonds. The molecule has 0 saturated heterocycles. The second-order valence-electron chi connectivity index (χ2n) is 5.34. The predicted molar refractivity (Wildman–Crippen MR) is 70.1 cm³/mol. The molecule has 1 fully saturated rings. The summed E-state index contributed by atoms with van der Waals surface area (Å²) in [5.41, 5.74) is 1.89. The van der Waals surface area contributed by atoms with Gasteiger partial charge in [-0.05, 0) is 56.6 Å². The predicted octanol–water partition coefficient (Wildman–Crippen LogP) is 3.05. The maximum atomic E-state index is 13.2. The Morgan fingerprint density at radius 3 is 2.74 bits per heavy atom. The highest BCUT2D eigenvalue weighted by Crippen LogP contribution is 2.32. The van der Waals surface area contributed by atoms with Crippen molar-refractivity contribution >= 4 is 5.97 Å². The van der Waals surface area contributed by atoms with Crippen LogP contribution in [0.25, 0.3) is 0 Å². The first-order valence-corrected chi connectivity index (χ1v) is 6.79. The van der Waals surface area contributed by atoms with Crippen LogP contribution in [-0.4, -0.2) is 18.1 Å². The Morgan fingerprint density at radius 1 is 1.42 bits per heavy atom. The van der Waals surface area contributed by atoms with E-state index in [2.05, 4.69) is 4.98 Å². The second kappa shape index (κ2) is 6.13. The number of ether oxygens (including phenoxy) is 1. The van der Waals surface area contributed by atoms with Gasteiger partial charge in [-0.3, -0.25) is 9.78 Å². The average Bonchev–Trinajstić information content (AvgIpc) is 2.43. The molecular weight excluding hydrogens is 245 g/mol. The van der Waals surface area contributed by atoms with Crippen molar-refractivity contribution in [3.63, 3.8) is 0 Å². The van der Waals surface area contributed by atoms with Crippen molar-refractivity contribution in [2.75, 3.05) is 7.11 Å². The highest BCUT2D eigenvalue weighted by atomic mass is 19.1. The van der Waals surface area contributed by atoms with E-state index in [-0.39, 0.29) is 17.7 Å². The number of halogens is 1. The molecule has 0 radical (unpaired) electrons. The molecule has 3 nitrogen and oxygen atoms in total. The largest absolute Gasteiger partial charge is 0.469 e. The van der Waals surface area contributed by atoms with Crippen LogP contribution >= 0.6 is 0 Å². The molecule has 2 rings (SSSR count). The van der Waals surface area contributed by atoms with Crippen molar-refractivity contribution in [2.45, 2.75) is 39.0 Å². The lowest BCUT2D eigenvalue weighted by Crippen LogP contribution is -2.23. The number of pyridine rings is 1. The van der Waals surface area contributed by atoms with Crippen LogP contribution in [0.2, 0.25) is 0 Å². The number of rotatable bonds is 3. The summed E-state index contributed by atoms with van der Waals surface area (Å²) in [5, 5.41) is 0. The number of aryl methyl sites for hydroxylation is 1. The van der Waals surface area contributed by atoms with Gasteiger partial charge < -0.3 is 4.74 Å². The van der Waals surface area contributed by atoms with Crippen molar-refractivity contribution in [2.24, 2.45) is 11.8 Å². The molecule has 0 N–H and O–H groups in total. The third-order valence-electron chi connectivity index (χ3n) is 4.05.